The van der Waals surface area contributed by atoms with Crippen LogP contribution in [0.25, 0.3) is 77.0 Å². The minimum Gasteiger partial charge on any atom is -0.307 e. The summed E-state index contributed by atoms with van der Waals surface area (Å²) in [4.78, 5) is 4.98. The molecule has 0 amide bonds. The molecule has 0 aliphatic rings. The first-order chi connectivity index (χ1) is 19.9. The first kappa shape index (κ1) is 21.5. The molecule has 0 radical (unpaired) electrons. The Morgan fingerprint density at radius 3 is 2.08 bits per heavy atom. The average molecular weight is 510 g/mol. The van der Waals surface area contributed by atoms with Crippen LogP contribution in [0.2, 0.25) is 0 Å². The van der Waals surface area contributed by atoms with Crippen LogP contribution in [-0.2, 0) is 0 Å². The van der Waals surface area contributed by atoms with Crippen LogP contribution in [0.5, 0.6) is 0 Å². The van der Waals surface area contributed by atoms with Crippen molar-refractivity contribution in [1.82, 2.24) is 14.1 Å². The minimum absolute atomic E-state index is 0.920. The molecule has 3 aromatic heterocycles. The number of fused-ring (bicyclic) bond motifs is 4. The number of hydrogen-bond acceptors (Lipinski definition) is 1. The van der Waals surface area contributed by atoms with E-state index in [1.807, 2.05) is 6.20 Å². The Kier molecular flexibility index (Phi) is 4.33. The third-order valence-corrected chi connectivity index (χ3v) is 8.29. The van der Waals surface area contributed by atoms with Gasteiger partial charge in [0, 0.05) is 33.4 Å². The fourth-order valence-electron chi connectivity index (χ4n) is 6.63. The normalized spacial score (nSPS) is 12.0. The van der Waals surface area contributed by atoms with Crippen LogP contribution in [0, 0.1) is 0 Å². The summed E-state index contributed by atoms with van der Waals surface area (Å²) in [5, 5.41) is 7.57. The molecule has 0 atom stereocenters. The smallest absolute Gasteiger partial charge is 0.138 e. The second-order valence-corrected chi connectivity index (χ2v) is 10.5. The van der Waals surface area contributed by atoms with Crippen molar-refractivity contribution in [2.24, 2.45) is 0 Å². The lowest BCUT2D eigenvalue weighted by atomic mass is 10.00. The Labute approximate surface area is 230 Å². The first-order valence-corrected chi connectivity index (χ1v) is 13.7. The lowest BCUT2D eigenvalue weighted by molar-refractivity contribution is 1.08. The van der Waals surface area contributed by atoms with Crippen molar-refractivity contribution in [2.75, 3.05) is 0 Å². The van der Waals surface area contributed by atoms with E-state index >= 15 is 0 Å². The number of benzene rings is 6. The fraction of sp³-hybridized carbons (Fsp3) is 0. The van der Waals surface area contributed by atoms with Gasteiger partial charge < -0.3 is 4.57 Å². The summed E-state index contributed by atoms with van der Waals surface area (Å²) >= 11 is 0. The van der Waals surface area contributed by atoms with Crippen LogP contribution in [0.1, 0.15) is 0 Å². The number of aromatic nitrogens is 3. The molecule has 0 fully saturated rings. The minimum atomic E-state index is 0.920. The van der Waals surface area contributed by atoms with Gasteiger partial charge >= 0.3 is 0 Å². The molecular formula is C37H23N3. The molecule has 9 aromatic rings. The zero-order chi connectivity index (χ0) is 26.2. The predicted molar refractivity (Wildman–Crippen MR) is 167 cm³/mol. The Bertz CT molecular complexity index is 2360. The number of rotatable bonds is 3. The second-order valence-electron chi connectivity index (χ2n) is 10.5. The van der Waals surface area contributed by atoms with Gasteiger partial charge in [-0.15, -0.1) is 0 Å². The van der Waals surface area contributed by atoms with Crippen molar-refractivity contribution >= 4 is 54.4 Å². The predicted octanol–water partition coefficient (Wildman–Crippen LogP) is 9.53. The Hall–Kier alpha value is -5.41. The van der Waals surface area contributed by atoms with E-state index in [-0.39, 0.29) is 0 Å². The third-order valence-electron chi connectivity index (χ3n) is 8.29. The summed E-state index contributed by atoms with van der Waals surface area (Å²) in [6.45, 7) is 0. The lowest BCUT2D eigenvalue weighted by Crippen LogP contribution is -2.00. The largest absolute Gasteiger partial charge is 0.307 e. The van der Waals surface area contributed by atoms with Gasteiger partial charge in [-0.1, -0.05) is 91.0 Å². The van der Waals surface area contributed by atoms with E-state index in [4.69, 9.17) is 4.98 Å². The third kappa shape index (κ3) is 2.86. The maximum Gasteiger partial charge on any atom is 0.138 e. The highest BCUT2D eigenvalue weighted by molar-refractivity contribution is 6.32. The van der Waals surface area contributed by atoms with Crippen molar-refractivity contribution < 1.29 is 0 Å². The molecule has 3 heteroatoms. The number of pyridine rings is 1. The van der Waals surface area contributed by atoms with Gasteiger partial charge in [0.2, 0.25) is 0 Å². The lowest BCUT2D eigenvalue weighted by Gasteiger charge is -2.13. The van der Waals surface area contributed by atoms with Gasteiger partial charge in [0.25, 0.3) is 0 Å². The summed E-state index contributed by atoms with van der Waals surface area (Å²) in [5.74, 6) is 0.920. The molecule has 3 heterocycles. The molecule has 0 aliphatic carbocycles. The zero-order valence-electron chi connectivity index (χ0n) is 21.6. The van der Waals surface area contributed by atoms with E-state index in [1.54, 1.807) is 0 Å². The molecule has 186 valence electrons. The summed E-state index contributed by atoms with van der Waals surface area (Å²) in [6, 6.07) is 47.9. The van der Waals surface area contributed by atoms with Crippen molar-refractivity contribution in [3.8, 4) is 22.6 Å². The number of para-hydroxylation sites is 2. The van der Waals surface area contributed by atoms with E-state index in [2.05, 4.69) is 143 Å². The van der Waals surface area contributed by atoms with Gasteiger partial charge in [-0.3, -0.25) is 4.57 Å². The van der Waals surface area contributed by atoms with Crippen LogP contribution in [-0.4, -0.2) is 14.1 Å². The van der Waals surface area contributed by atoms with E-state index in [0.717, 1.165) is 17.1 Å². The average Bonchev–Trinajstić information content (AvgIpc) is 3.55. The van der Waals surface area contributed by atoms with Gasteiger partial charge in [0.05, 0.1) is 22.1 Å². The van der Waals surface area contributed by atoms with Crippen molar-refractivity contribution in [3.63, 3.8) is 0 Å². The highest BCUT2D eigenvalue weighted by atomic mass is 15.1. The van der Waals surface area contributed by atoms with Crippen LogP contribution in [0.3, 0.4) is 0 Å². The van der Waals surface area contributed by atoms with E-state index < -0.39 is 0 Å². The summed E-state index contributed by atoms with van der Waals surface area (Å²) in [7, 11) is 0. The van der Waals surface area contributed by atoms with Gasteiger partial charge in [-0.25, -0.2) is 4.98 Å². The Morgan fingerprint density at radius 2 is 1.20 bits per heavy atom. The molecule has 6 aromatic carbocycles. The second kappa shape index (κ2) is 8.05. The Morgan fingerprint density at radius 1 is 0.450 bits per heavy atom. The van der Waals surface area contributed by atoms with Crippen molar-refractivity contribution in [1.29, 1.82) is 0 Å². The molecule has 0 N–H and O–H groups in total. The molecular weight excluding hydrogens is 486 g/mol. The maximum atomic E-state index is 4.98. The molecule has 9 rings (SSSR count). The van der Waals surface area contributed by atoms with Gasteiger partial charge in [-0.2, -0.15) is 0 Å². The molecule has 0 aliphatic heterocycles. The van der Waals surface area contributed by atoms with Gasteiger partial charge in [-0.05, 0) is 64.4 Å². The van der Waals surface area contributed by atoms with E-state index in [0.29, 0.717) is 0 Å². The fourth-order valence-corrected chi connectivity index (χ4v) is 6.63. The molecule has 0 unspecified atom stereocenters. The SMILES string of the molecule is c1ccc(-c2ccnc(-n3c4cccc5ccc6cc7c8ccccc8n(-c8ccccc8)c7c3c6c54)c2)cc1. The number of hydrogen-bond donors (Lipinski definition) is 0. The van der Waals surface area contributed by atoms with Crippen LogP contribution >= 0.6 is 0 Å². The Balaban J connectivity index is 1.53. The standard InChI is InChI=1S/C37H23N3/c1-3-10-24(11-4-1)26-20-21-38-33(23-26)40-32-17-9-12-25-18-19-27-22-30-29-15-7-8-16-31(29)39(28-13-5-2-6-14-28)36(30)37(40)35(27)34(25)32/h1-23H. The summed E-state index contributed by atoms with van der Waals surface area (Å²) < 4.78 is 4.82. The first-order valence-electron chi connectivity index (χ1n) is 13.7. The van der Waals surface area contributed by atoms with Crippen LogP contribution in [0.15, 0.2) is 140 Å². The molecule has 0 saturated carbocycles. The highest BCUT2D eigenvalue weighted by Gasteiger charge is 2.24. The van der Waals surface area contributed by atoms with Gasteiger partial charge in [0.15, 0.2) is 0 Å². The quantitative estimate of drug-likeness (QED) is 0.217. The topological polar surface area (TPSA) is 22.8 Å². The molecule has 40 heavy (non-hydrogen) atoms. The zero-order valence-corrected chi connectivity index (χ0v) is 21.6. The maximum absolute atomic E-state index is 4.98. The molecule has 0 saturated heterocycles. The van der Waals surface area contributed by atoms with Crippen LogP contribution < -0.4 is 0 Å². The van der Waals surface area contributed by atoms with E-state index in [1.165, 1.54) is 59.9 Å². The highest BCUT2D eigenvalue weighted by Crippen LogP contribution is 2.45. The van der Waals surface area contributed by atoms with Gasteiger partial charge in [0.1, 0.15) is 5.82 Å². The molecule has 0 bridgehead atoms. The van der Waals surface area contributed by atoms with Crippen molar-refractivity contribution in [2.45, 2.75) is 0 Å². The molecule has 0 spiro atoms. The van der Waals surface area contributed by atoms with Crippen molar-refractivity contribution in [3.05, 3.63) is 140 Å². The van der Waals surface area contributed by atoms with E-state index in [9.17, 15) is 0 Å². The van der Waals surface area contributed by atoms with Crippen LogP contribution in [0.4, 0.5) is 0 Å². The monoisotopic (exact) mass is 509 g/mol. The molecule has 3 nitrogen and oxygen atoms in total. The summed E-state index contributed by atoms with van der Waals surface area (Å²) in [5.41, 5.74) is 8.26. The summed E-state index contributed by atoms with van der Waals surface area (Å²) in [6.07, 6.45) is 1.94. The number of nitrogens with zero attached hydrogens (tertiary/aromatic N) is 3.